The summed E-state index contributed by atoms with van der Waals surface area (Å²) >= 11 is 2.80. The van der Waals surface area contributed by atoms with E-state index in [4.69, 9.17) is 5.73 Å². The summed E-state index contributed by atoms with van der Waals surface area (Å²) in [4.78, 5) is 9.69. The molecule has 4 nitrogen and oxygen atoms in total. The third-order valence-corrected chi connectivity index (χ3v) is 2.31. The number of nitrogens with two attached hydrogens (primary N) is 1. The van der Waals surface area contributed by atoms with Crippen molar-refractivity contribution in [1.29, 1.82) is 0 Å². The van der Waals surface area contributed by atoms with Crippen LogP contribution in [0.1, 0.15) is 5.56 Å². The molecule has 0 heterocycles. The summed E-state index contributed by atoms with van der Waals surface area (Å²) in [6.07, 6.45) is 0. The number of halogens is 2. The van der Waals surface area contributed by atoms with Crippen LogP contribution >= 0.6 is 15.9 Å². The quantitative estimate of drug-likeness (QED) is 0.643. The third kappa shape index (κ3) is 1.84. The van der Waals surface area contributed by atoms with Gasteiger partial charge in [0.05, 0.1) is 4.92 Å². The average molecular weight is 249 g/mol. The van der Waals surface area contributed by atoms with Crippen molar-refractivity contribution in [2.24, 2.45) is 5.73 Å². The molecule has 70 valence electrons. The Morgan fingerprint density at radius 3 is 2.69 bits per heavy atom. The zero-order valence-electron chi connectivity index (χ0n) is 6.46. The maximum absolute atomic E-state index is 13.2. The molecule has 1 rings (SSSR count). The van der Waals surface area contributed by atoms with E-state index < -0.39 is 10.7 Å². The summed E-state index contributed by atoms with van der Waals surface area (Å²) in [5, 5.41) is 10.4. The van der Waals surface area contributed by atoms with Crippen molar-refractivity contribution in [3.63, 3.8) is 0 Å². The van der Waals surface area contributed by atoms with E-state index in [0.29, 0.717) is 0 Å². The van der Waals surface area contributed by atoms with E-state index in [9.17, 15) is 14.5 Å². The summed E-state index contributed by atoms with van der Waals surface area (Å²) in [5.74, 6) is -0.670. The van der Waals surface area contributed by atoms with Gasteiger partial charge in [-0.15, -0.1) is 0 Å². The molecule has 0 amide bonds. The molecule has 0 aromatic heterocycles. The van der Waals surface area contributed by atoms with Crippen LogP contribution in [-0.2, 0) is 6.54 Å². The molecule has 0 bridgehead atoms. The summed E-state index contributed by atoms with van der Waals surface area (Å²) in [6.45, 7) is 0.0163. The largest absolute Gasteiger partial charge is 0.326 e. The van der Waals surface area contributed by atoms with E-state index in [-0.39, 0.29) is 22.3 Å². The molecule has 0 saturated carbocycles. The van der Waals surface area contributed by atoms with Gasteiger partial charge in [0.15, 0.2) is 0 Å². The maximum atomic E-state index is 13.2. The SMILES string of the molecule is NCc1ccc([N+](=O)[O-])c(Br)c1F. The summed E-state index contributed by atoms with van der Waals surface area (Å²) < 4.78 is 13.0. The lowest BCUT2D eigenvalue weighted by molar-refractivity contribution is -0.385. The standard InChI is InChI=1S/C7H6BrFN2O2/c8-6-5(11(12)13)2-1-4(3-10)7(6)9/h1-2H,3,10H2. The smallest absolute Gasteiger partial charge is 0.286 e. The van der Waals surface area contributed by atoms with Crippen molar-refractivity contribution in [3.05, 3.63) is 38.1 Å². The van der Waals surface area contributed by atoms with Crippen molar-refractivity contribution < 1.29 is 9.31 Å². The Morgan fingerprint density at radius 2 is 2.23 bits per heavy atom. The molecule has 0 unspecified atom stereocenters. The van der Waals surface area contributed by atoms with Crippen molar-refractivity contribution in [2.75, 3.05) is 0 Å². The summed E-state index contributed by atoms with van der Waals surface area (Å²) in [6, 6.07) is 2.52. The van der Waals surface area contributed by atoms with Crippen LogP contribution in [0.2, 0.25) is 0 Å². The molecule has 0 aliphatic rings. The number of nitro benzene ring substituents is 1. The fraction of sp³-hybridized carbons (Fsp3) is 0.143. The van der Waals surface area contributed by atoms with Gasteiger partial charge in [-0.25, -0.2) is 4.39 Å². The Balaban J connectivity index is 3.31. The predicted molar refractivity (Wildman–Crippen MR) is 48.6 cm³/mol. The normalized spacial score (nSPS) is 10.1. The first-order chi connectivity index (χ1) is 6.07. The van der Waals surface area contributed by atoms with Gasteiger partial charge in [0.2, 0.25) is 0 Å². The van der Waals surface area contributed by atoms with E-state index in [2.05, 4.69) is 15.9 Å². The second kappa shape index (κ2) is 3.80. The number of hydrogen-bond donors (Lipinski definition) is 1. The van der Waals surface area contributed by atoms with Gasteiger partial charge in [0, 0.05) is 18.2 Å². The molecule has 0 radical (unpaired) electrons. The highest BCUT2D eigenvalue weighted by Gasteiger charge is 2.17. The number of benzene rings is 1. The zero-order valence-corrected chi connectivity index (χ0v) is 8.04. The highest BCUT2D eigenvalue weighted by molar-refractivity contribution is 9.10. The van der Waals surface area contributed by atoms with Crippen LogP contribution in [0.4, 0.5) is 10.1 Å². The van der Waals surface area contributed by atoms with Crippen LogP contribution in [0.15, 0.2) is 16.6 Å². The minimum absolute atomic E-state index is 0.0163. The van der Waals surface area contributed by atoms with Gasteiger partial charge in [-0.1, -0.05) is 0 Å². The second-order valence-corrected chi connectivity index (χ2v) is 3.13. The maximum Gasteiger partial charge on any atom is 0.286 e. The van der Waals surface area contributed by atoms with Gasteiger partial charge in [0.25, 0.3) is 5.69 Å². The van der Waals surface area contributed by atoms with E-state index in [0.717, 1.165) is 0 Å². The lowest BCUT2D eigenvalue weighted by Crippen LogP contribution is -2.02. The molecule has 0 atom stereocenters. The number of nitrogens with zero attached hydrogens (tertiary/aromatic N) is 1. The minimum atomic E-state index is -0.670. The Morgan fingerprint density at radius 1 is 1.62 bits per heavy atom. The van der Waals surface area contributed by atoms with Crippen molar-refractivity contribution in [3.8, 4) is 0 Å². The van der Waals surface area contributed by atoms with Crippen molar-refractivity contribution >= 4 is 21.6 Å². The van der Waals surface area contributed by atoms with Crippen LogP contribution in [0.25, 0.3) is 0 Å². The predicted octanol–water partition coefficient (Wildman–Crippen LogP) is 1.96. The summed E-state index contributed by atoms with van der Waals surface area (Å²) in [5.41, 5.74) is 5.17. The first-order valence-electron chi connectivity index (χ1n) is 3.39. The van der Waals surface area contributed by atoms with Gasteiger partial charge >= 0.3 is 0 Å². The molecule has 1 aromatic carbocycles. The highest BCUT2D eigenvalue weighted by atomic mass is 79.9. The fourth-order valence-electron chi connectivity index (χ4n) is 0.878. The topological polar surface area (TPSA) is 69.2 Å². The van der Waals surface area contributed by atoms with Gasteiger partial charge in [-0.3, -0.25) is 10.1 Å². The van der Waals surface area contributed by atoms with Crippen LogP contribution in [0, 0.1) is 15.9 Å². The third-order valence-electron chi connectivity index (χ3n) is 1.56. The van der Waals surface area contributed by atoms with Gasteiger partial charge in [0.1, 0.15) is 10.3 Å². The van der Waals surface area contributed by atoms with Crippen LogP contribution < -0.4 is 5.73 Å². The Bertz CT molecular complexity index is 357. The van der Waals surface area contributed by atoms with E-state index in [1.807, 2.05) is 0 Å². The average Bonchev–Trinajstić information content (AvgIpc) is 2.09. The summed E-state index contributed by atoms with van der Waals surface area (Å²) in [7, 11) is 0. The molecule has 0 fully saturated rings. The first-order valence-corrected chi connectivity index (χ1v) is 4.18. The van der Waals surface area contributed by atoms with Crippen LogP contribution in [-0.4, -0.2) is 4.92 Å². The first kappa shape index (κ1) is 10.1. The van der Waals surface area contributed by atoms with E-state index >= 15 is 0 Å². The molecule has 13 heavy (non-hydrogen) atoms. The lowest BCUT2D eigenvalue weighted by Gasteiger charge is -2.01. The lowest BCUT2D eigenvalue weighted by atomic mass is 10.2. The zero-order chi connectivity index (χ0) is 10.0. The molecule has 0 spiro atoms. The molecule has 6 heteroatoms. The van der Waals surface area contributed by atoms with Crippen LogP contribution in [0.5, 0.6) is 0 Å². The number of rotatable bonds is 2. The molecular weight excluding hydrogens is 243 g/mol. The highest BCUT2D eigenvalue weighted by Crippen LogP contribution is 2.29. The number of nitro groups is 1. The Hall–Kier alpha value is -1.01. The van der Waals surface area contributed by atoms with Crippen molar-refractivity contribution in [1.82, 2.24) is 0 Å². The van der Waals surface area contributed by atoms with E-state index in [1.165, 1.54) is 12.1 Å². The van der Waals surface area contributed by atoms with Crippen molar-refractivity contribution in [2.45, 2.75) is 6.54 Å². The number of hydrogen-bond acceptors (Lipinski definition) is 3. The molecular formula is C7H6BrFN2O2. The van der Waals surface area contributed by atoms with Gasteiger partial charge in [-0.2, -0.15) is 0 Å². The fourth-order valence-corrected chi connectivity index (χ4v) is 1.41. The minimum Gasteiger partial charge on any atom is -0.326 e. The molecule has 0 saturated heterocycles. The monoisotopic (exact) mass is 248 g/mol. The van der Waals surface area contributed by atoms with Gasteiger partial charge < -0.3 is 5.73 Å². The molecule has 0 aliphatic heterocycles. The van der Waals surface area contributed by atoms with Crippen LogP contribution in [0.3, 0.4) is 0 Å². The Kier molecular flexibility index (Phi) is 2.94. The van der Waals surface area contributed by atoms with Gasteiger partial charge in [-0.05, 0) is 22.0 Å². The van der Waals surface area contributed by atoms with E-state index in [1.54, 1.807) is 0 Å². The Labute approximate surface area is 81.8 Å². The second-order valence-electron chi connectivity index (χ2n) is 2.33. The molecule has 2 N–H and O–H groups in total. The molecule has 0 aliphatic carbocycles. The molecule has 1 aromatic rings.